The van der Waals surface area contributed by atoms with Gasteiger partial charge in [-0.2, -0.15) is 10.2 Å². The molecule has 0 aliphatic heterocycles. The summed E-state index contributed by atoms with van der Waals surface area (Å²) in [6.07, 6.45) is 12.5. The van der Waals surface area contributed by atoms with Gasteiger partial charge in [-0.3, -0.25) is 4.68 Å². The highest BCUT2D eigenvalue weighted by molar-refractivity contribution is 5.62. The Hall–Kier alpha value is -2.21. The number of rotatable bonds is 3. The molecule has 3 aromatic heterocycles. The van der Waals surface area contributed by atoms with Gasteiger partial charge in [0.15, 0.2) is 0 Å². The molecule has 0 spiro atoms. The average molecular weight is 310 g/mol. The van der Waals surface area contributed by atoms with Crippen LogP contribution in [0.25, 0.3) is 16.8 Å². The topological polar surface area (TPSA) is 60.0 Å². The van der Waals surface area contributed by atoms with Gasteiger partial charge in [-0.15, -0.1) is 0 Å². The van der Waals surface area contributed by atoms with E-state index in [1.807, 2.05) is 41.0 Å². The first-order valence-corrected chi connectivity index (χ1v) is 8.25. The lowest BCUT2D eigenvalue weighted by Gasteiger charge is -2.29. The zero-order valence-electron chi connectivity index (χ0n) is 13.6. The molecule has 0 radical (unpaired) electrons. The minimum atomic E-state index is 0.483. The van der Waals surface area contributed by atoms with Crippen LogP contribution < -0.4 is 5.32 Å². The summed E-state index contributed by atoms with van der Waals surface area (Å²) in [4.78, 5) is 5.01. The summed E-state index contributed by atoms with van der Waals surface area (Å²) in [7, 11) is 3.98. The van der Waals surface area contributed by atoms with Crippen LogP contribution in [-0.2, 0) is 7.05 Å². The Kier molecular flexibility index (Phi) is 3.61. The molecule has 0 unspecified atom stereocenters. The Morgan fingerprint density at radius 3 is 2.91 bits per heavy atom. The first-order valence-electron chi connectivity index (χ1n) is 8.25. The lowest BCUT2D eigenvalue weighted by molar-refractivity contribution is 0.352. The van der Waals surface area contributed by atoms with Gasteiger partial charge in [0.1, 0.15) is 0 Å². The van der Waals surface area contributed by atoms with Gasteiger partial charge < -0.3 is 5.32 Å². The standard InChI is InChI=1S/C17H22N6/c1-18-14-5-3-4-12(8-14)17-16-6-7-19-23(16)11-15(21-17)13-9-20-22(2)10-13/h6-7,9-12,14,18H,3-5,8H2,1-2H3/t12-,14+/m0/s1. The van der Waals surface area contributed by atoms with Crippen LogP contribution in [-0.4, -0.2) is 37.5 Å². The van der Waals surface area contributed by atoms with Crippen molar-refractivity contribution in [3.8, 4) is 11.3 Å². The van der Waals surface area contributed by atoms with Gasteiger partial charge in [-0.25, -0.2) is 9.50 Å². The number of nitrogens with zero attached hydrogens (tertiary/aromatic N) is 5. The van der Waals surface area contributed by atoms with E-state index < -0.39 is 0 Å². The van der Waals surface area contributed by atoms with E-state index >= 15 is 0 Å². The van der Waals surface area contributed by atoms with E-state index in [1.165, 1.54) is 25.0 Å². The zero-order chi connectivity index (χ0) is 15.8. The number of hydrogen-bond acceptors (Lipinski definition) is 4. The molecule has 1 saturated carbocycles. The highest BCUT2D eigenvalue weighted by Gasteiger charge is 2.25. The molecule has 6 nitrogen and oxygen atoms in total. The third kappa shape index (κ3) is 2.63. The van der Waals surface area contributed by atoms with Crippen LogP contribution in [0.5, 0.6) is 0 Å². The lowest BCUT2D eigenvalue weighted by atomic mass is 9.83. The molecule has 1 fully saturated rings. The van der Waals surface area contributed by atoms with Crippen molar-refractivity contribution < 1.29 is 0 Å². The van der Waals surface area contributed by atoms with Crippen LogP contribution in [0, 0.1) is 0 Å². The van der Waals surface area contributed by atoms with E-state index in [-0.39, 0.29) is 0 Å². The second-order valence-electron chi connectivity index (χ2n) is 6.42. The van der Waals surface area contributed by atoms with Crippen LogP contribution in [0.15, 0.2) is 30.9 Å². The quantitative estimate of drug-likeness (QED) is 0.807. The van der Waals surface area contributed by atoms with E-state index in [0.29, 0.717) is 12.0 Å². The molecule has 0 bridgehead atoms. The van der Waals surface area contributed by atoms with Gasteiger partial charge in [0.2, 0.25) is 0 Å². The summed E-state index contributed by atoms with van der Waals surface area (Å²) in [6, 6.07) is 2.65. The van der Waals surface area contributed by atoms with Crippen molar-refractivity contribution in [1.82, 2.24) is 29.7 Å². The van der Waals surface area contributed by atoms with E-state index in [1.54, 1.807) is 0 Å². The first kappa shape index (κ1) is 14.4. The fraction of sp³-hybridized carbons (Fsp3) is 0.471. The minimum absolute atomic E-state index is 0.483. The summed E-state index contributed by atoms with van der Waals surface area (Å²) in [6.45, 7) is 0. The van der Waals surface area contributed by atoms with Gasteiger partial charge in [0.05, 0.1) is 35.5 Å². The molecule has 2 atom stereocenters. The molecular weight excluding hydrogens is 288 g/mol. The number of aromatic nitrogens is 5. The fourth-order valence-electron chi connectivity index (χ4n) is 3.65. The molecule has 0 saturated heterocycles. The number of fused-ring (bicyclic) bond motifs is 1. The maximum absolute atomic E-state index is 5.01. The third-order valence-corrected chi connectivity index (χ3v) is 4.89. The summed E-state index contributed by atoms with van der Waals surface area (Å²) in [5.74, 6) is 0.483. The molecule has 4 rings (SSSR count). The highest BCUT2D eigenvalue weighted by atomic mass is 15.2. The van der Waals surface area contributed by atoms with Crippen molar-refractivity contribution in [2.45, 2.75) is 37.6 Å². The molecule has 1 N–H and O–H groups in total. The largest absolute Gasteiger partial charge is 0.317 e. The van der Waals surface area contributed by atoms with Gasteiger partial charge in [-0.05, 0) is 32.4 Å². The number of aryl methyl sites for hydroxylation is 1. The van der Waals surface area contributed by atoms with Crippen LogP contribution in [0.3, 0.4) is 0 Å². The molecule has 120 valence electrons. The smallest absolute Gasteiger partial charge is 0.0921 e. The SMILES string of the molecule is CN[C@@H]1CCC[C@H](c2nc(-c3cnn(C)c3)cn3nccc23)C1. The predicted molar refractivity (Wildman–Crippen MR) is 89.2 cm³/mol. The van der Waals surface area contributed by atoms with E-state index in [0.717, 1.165) is 23.2 Å². The highest BCUT2D eigenvalue weighted by Crippen LogP contribution is 2.35. The third-order valence-electron chi connectivity index (χ3n) is 4.89. The maximum atomic E-state index is 5.01. The number of nitrogens with one attached hydrogen (secondary N) is 1. The summed E-state index contributed by atoms with van der Waals surface area (Å²) in [5, 5.41) is 12.1. The van der Waals surface area contributed by atoms with Crippen molar-refractivity contribution >= 4 is 5.52 Å². The molecule has 3 heterocycles. The van der Waals surface area contributed by atoms with Gasteiger partial charge in [-0.1, -0.05) is 6.42 Å². The van der Waals surface area contributed by atoms with Crippen molar-refractivity contribution in [2.24, 2.45) is 7.05 Å². The van der Waals surface area contributed by atoms with Crippen LogP contribution >= 0.6 is 0 Å². The van der Waals surface area contributed by atoms with E-state index in [4.69, 9.17) is 4.98 Å². The zero-order valence-corrected chi connectivity index (χ0v) is 13.6. The Morgan fingerprint density at radius 1 is 1.22 bits per heavy atom. The second kappa shape index (κ2) is 5.77. The van der Waals surface area contributed by atoms with Crippen molar-refractivity contribution in [2.75, 3.05) is 7.05 Å². The number of hydrogen-bond donors (Lipinski definition) is 1. The molecule has 0 aromatic carbocycles. The second-order valence-corrected chi connectivity index (χ2v) is 6.42. The van der Waals surface area contributed by atoms with Gasteiger partial charge in [0.25, 0.3) is 0 Å². The Balaban J connectivity index is 1.79. The Bertz CT molecular complexity index is 817. The van der Waals surface area contributed by atoms with E-state index in [9.17, 15) is 0 Å². The van der Waals surface area contributed by atoms with Crippen molar-refractivity contribution in [3.63, 3.8) is 0 Å². The summed E-state index contributed by atoms with van der Waals surface area (Å²) in [5.41, 5.74) is 4.27. The van der Waals surface area contributed by atoms with E-state index in [2.05, 4.69) is 28.6 Å². The molecule has 1 aliphatic carbocycles. The Labute approximate surface area is 135 Å². The van der Waals surface area contributed by atoms with Crippen LogP contribution in [0.1, 0.15) is 37.3 Å². The molecule has 1 aliphatic rings. The van der Waals surface area contributed by atoms with Crippen molar-refractivity contribution in [3.05, 3.63) is 36.5 Å². The average Bonchev–Trinajstić information content (AvgIpc) is 3.22. The van der Waals surface area contributed by atoms with Crippen molar-refractivity contribution in [1.29, 1.82) is 0 Å². The minimum Gasteiger partial charge on any atom is -0.317 e. The molecular formula is C17H22N6. The summed E-state index contributed by atoms with van der Waals surface area (Å²) < 4.78 is 3.76. The molecule has 3 aromatic rings. The summed E-state index contributed by atoms with van der Waals surface area (Å²) >= 11 is 0. The van der Waals surface area contributed by atoms with Crippen LogP contribution in [0.4, 0.5) is 0 Å². The predicted octanol–water partition coefficient (Wildman–Crippen LogP) is 2.38. The fourth-order valence-corrected chi connectivity index (χ4v) is 3.65. The maximum Gasteiger partial charge on any atom is 0.0921 e. The van der Waals surface area contributed by atoms with Gasteiger partial charge in [0, 0.05) is 30.8 Å². The lowest BCUT2D eigenvalue weighted by Crippen LogP contribution is -2.31. The normalized spacial score (nSPS) is 21.8. The Morgan fingerprint density at radius 2 is 2.13 bits per heavy atom. The monoisotopic (exact) mass is 310 g/mol. The molecule has 6 heteroatoms. The molecule has 0 amide bonds. The first-order chi connectivity index (χ1) is 11.2. The van der Waals surface area contributed by atoms with Gasteiger partial charge >= 0.3 is 0 Å². The van der Waals surface area contributed by atoms with Crippen LogP contribution in [0.2, 0.25) is 0 Å². The molecule has 23 heavy (non-hydrogen) atoms.